The van der Waals surface area contributed by atoms with Crippen LogP contribution in [0.25, 0.3) is 0 Å². The van der Waals surface area contributed by atoms with E-state index in [1.165, 1.54) is 5.56 Å². The highest BCUT2D eigenvalue weighted by Crippen LogP contribution is 2.07. The molecule has 1 N–H and O–H groups in total. The molecule has 1 aromatic carbocycles. The fourth-order valence-electron chi connectivity index (χ4n) is 0.641. The second-order valence-corrected chi connectivity index (χ2v) is 4.07. The largest absolute Gasteiger partial charge is 0.508 e. The van der Waals surface area contributed by atoms with Crippen molar-refractivity contribution in [1.82, 2.24) is 0 Å². The molecule has 0 bridgehead atoms. The second kappa shape index (κ2) is 7.56. The number of phenolic OH excluding ortho intramolecular Hbond substituents is 1. The number of hydrogen-bond acceptors (Lipinski definition) is 2. The van der Waals surface area contributed by atoms with Gasteiger partial charge in [0.2, 0.25) is 0 Å². The molecule has 0 radical (unpaired) electrons. The van der Waals surface area contributed by atoms with Crippen LogP contribution in [0.4, 0.5) is 0 Å². The molecule has 14 heavy (non-hydrogen) atoms. The van der Waals surface area contributed by atoms with E-state index in [-0.39, 0.29) is 4.83 Å². The van der Waals surface area contributed by atoms with Crippen LogP contribution in [-0.4, -0.2) is 16.2 Å². The van der Waals surface area contributed by atoms with Gasteiger partial charge >= 0.3 is 0 Å². The highest BCUT2D eigenvalue weighted by molar-refractivity contribution is 9.09. The Morgan fingerprint density at radius 2 is 1.93 bits per heavy atom. The summed E-state index contributed by atoms with van der Waals surface area (Å²) in [6.45, 7) is 3.94. The molecule has 0 heterocycles. The van der Waals surface area contributed by atoms with Crippen LogP contribution < -0.4 is 0 Å². The molecule has 0 aliphatic rings. The van der Waals surface area contributed by atoms with E-state index in [0.717, 1.165) is 12.7 Å². The van der Waals surface area contributed by atoms with E-state index in [2.05, 4.69) is 15.9 Å². The van der Waals surface area contributed by atoms with Gasteiger partial charge in [0, 0.05) is 0 Å². The number of aryl methyl sites for hydroxylation is 1. The van der Waals surface area contributed by atoms with Gasteiger partial charge in [-0.15, -0.1) is 0 Å². The molecule has 0 aromatic heterocycles. The summed E-state index contributed by atoms with van der Waals surface area (Å²) in [4.78, 5) is 9.76. The van der Waals surface area contributed by atoms with E-state index in [1.807, 2.05) is 26.0 Å². The van der Waals surface area contributed by atoms with E-state index in [4.69, 9.17) is 5.11 Å². The minimum absolute atomic E-state index is 0.0671. The van der Waals surface area contributed by atoms with Gasteiger partial charge in [0.1, 0.15) is 12.0 Å². The first-order chi connectivity index (χ1) is 6.60. The van der Waals surface area contributed by atoms with Gasteiger partial charge in [-0.3, -0.25) is 0 Å². The number of halogens is 1. The van der Waals surface area contributed by atoms with Crippen molar-refractivity contribution in [2.24, 2.45) is 0 Å². The Hall–Kier alpha value is -0.830. The van der Waals surface area contributed by atoms with E-state index in [9.17, 15) is 4.79 Å². The quantitative estimate of drug-likeness (QED) is 0.654. The summed E-state index contributed by atoms with van der Waals surface area (Å²) >= 11 is 3.11. The summed E-state index contributed by atoms with van der Waals surface area (Å²) in [5, 5.41) is 8.76. The number of carbonyl (C=O) groups excluding carboxylic acids is 1. The highest BCUT2D eigenvalue weighted by Gasteiger charge is 1.91. The third kappa shape index (κ3) is 6.66. The van der Waals surface area contributed by atoms with Gasteiger partial charge in [0.15, 0.2) is 0 Å². The van der Waals surface area contributed by atoms with Crippen molar-refractivity contribution in [3.63, 3.8) is 0 Å². The van der Waals surface area contributed by atoms with Crippen LogP contribution in [0, 0.1) is 6.92 Å². The maximum atomic E-state index is 9.69. The lowest BCUT2D eigenvalue weighted by Gasteiger charge is -1.89. The molecule has 0 saturated heterocycles. The number of aldehydes is 1. The minimum atomic E-state index is 0.0671. The summed E-state index contributed by atoms with van der Waals surface area (Å²) in [6, 6.07) is 7.09. The topological polar surface area (TPSA) is 37.3 Å². The number of carbonyl (C=O) groups is 1. The van der Waals surface area contributed by atoms with Crippen LogP contribution in [0.5, 0.6) is 5.75 Å². The average molecular weight is 259 g/mol. The molecule has 1 rings (SSSR count). The van der Waals surface area contributed by atoms with Crippen molar-refractivity contribution in [3.8, 4) is 5.75 Å². The summed E-state index contributed by atoms with van der Waals surface area (Å²) in [5.41, 5.74) is 1.17. The Balaban J connectivity index is 0.000000255. The average Bonchev–Trinajstić information content (AvgIpc) is 2.22. The second-order valence-electron chi connectivity index (χ2n) is 2.90. The van der Waals surface area contributed by atoms with Gasteiger partial charge < -0.3 is 9.90 Å². The molecule has 0 spiro atoms. The molecule has 1 atom stereocenters. The predicted octanol–water partition coefficient (Wildman–Crippen LogP) is 3.06. The smallest absolute Gasteiger partial charge is 0.133 e. The van der Waals surface area contributed by atoms with Crippen LogP contribution >= 0.6 is 15.9 Å². The number of alkyl halides is 1. The monoisotopic (exact) mass is 258 g/mol. The van der Waals surface area contributed by atoms with Crippen LogP contribution in [0.15, 0.2) is 24.3 Å². The molecular weight excluding hydrogens is 244 g/mol. The van der Waals surface area contributed by atoms with E-state index in [0.29, 0.717) is 5.75 Å². The first-order valence-electron chi connectivity index (χ1n) is 4.45. The molecule has 1 unspecified atom stereocenters. The standard InChI is InChI=1S/C7H8O.C4H7BrO/c1-6-2-4-7(8)5-3-6;1-2-4(5)3-6/h2-5,8H,1H3;3-4H,2H2,1H3. The lowest BCUT2D eigenvalue weighted by molar-refractivity contribution is -0.107. The number of aromatic hydroxyl groups is 1. The van der Waals surface area contributed by atoms with Gasteiger partial charge in [0.25, 0.3) is 0 Å². The third-order valence-electron chi connectivity index (χ3n) is 1.57. The van der Waals surface area contributed by atoms with Crippen LogP contribution in [-0.2, 0) is 4.79 Å². The van der Waals surface area contributed by atoms with E-state index >= 15 is 0 Å². The van der Waals surface area contributed by atoms with Gasteiger partial charge in [0.05, 0.1) is 4.83 Å². The normalized spacial score (nSPS) is 11.1. The fourth-order valence-corrected chi connectivity index (χ4v) is 0.641. The Kier molecular flexibility index (Phi) is 7.11. The molecular formula is C11H15BrO2. The first kappa shape index (κ1) is 13.2. The Bertz CT molecular complexity index is 235. The van der Waals surface area contributed by atoms with Gasteiger partial charge in [-0.2, -0.15) is 0 Å². The summed E-state index contributed by atoms with van der Waals surface area (Å²) < 4.78 is 0. The molecule has 0 aliphatic carbocycles. The molecule has 0 saturated carbocycles. The number of phenols is 1. The van der Waals surface area contributed by atoms with Gasteiger partial charge in [-0.05, 0) is 25.5 Å². The van der Waals surface area contributed by atoms with Crippen LogP contribution in [0.2, 0.25) is 0 Å². The zero-order valence-corrected chi connectivity index (χ0v) is 9.99. The molecule has 0 aliphatic heterocycles. The Labute approximate surface area is 93.1 Å². The number of hydrogen-bond donors (Lipinski definition) is 1. The number of benzene rings is 1. The maximum absolute atomic E-state index is 9.69. The zero-order valence-electron chi connectivity index (χ0n) is 8.40. The lowest BCUT2D eigenvalue weighted by atomic mass is 10.2. The lowest BCUT2D eigenvalue weighted by Crippen LogP contribution is -1.93. The van der Waals surface area contributed by atoms with Crippen molar-refractivity contribution in [2.45, 2.75) is 25.1 Å². The van der Waals surface area contributed by atoms with E-state index in [1.54, 1.807) is 12.1 Å². The molecule has 1 aromatic rings. The molecule has 3 heteroatoms. The van der Waals surface area contributed by atoms with Crippen molar-refractivity contribution >= 4 is 22.2 Å². The Morgan fingerprint density at radius 3 is 2.14 bits per heavy atom. The maximum Gasteiger partial charge on any atom is 0.133 e. The van der Waals surface area contributed by atoms with Crippen molar-refractivity contribution in [1.29, 1.82) is 0 Å². The van der Waals surface area contributed by atoms with Gasteiger partial charge in [-0.1, -0.05) is 40.5 Å². The fraction of sp³-hybridized carbons (Fsp3) is 0.364. The SMILES string of the molecule is CCC(Br)C=O.Cc1ccc(O)cc1. The predicted molar refractivity (Wildman–Crippen MR) is 61.9 cm³/mol. The van der Waals surface area contributed by atoms with Gasteiger partial charge in [-0.25, -0.2) is 0 Å². The van der Waals surface area contributed by atoms with Crippen molar-refractivity contribution in [3.05, 3.63) is 29.8 Å². The van der Waals surface area contributed by atoms with Crippen LogP contribution in [0.3, 0.4) is 0 Å². The molecule has 0 fully saturated rings. The summed E-state index contributed by atoms with van der Waals surface area (Å²) in [7, 11) is 0. The third-order valence-corrected chi connectivity index (χ3v) is 2.43. The summed E-state index contributed by atoms with van der Waals surface area (Å²) in [5.74, 6) is 0.329. The highest BCUT2D eigenvalue weighted by atomic mass is 79.9. The number of rotatable bonds is 2. The van der Waals surface area contributed by atoms with Crippen molar-refractivity contribution in [2.75, 3.05) is 0 Å². The molecule has 78 valence electrons. The molecule has 0 amide bonds. The van der Waals surface area contributed by atoms with E-state index < -0.39 is 0 Å². The first-order valence-corrected chi connectivity index (χ1v) is 5.36. The Morgan fingerprint density at radius 1 is 1.43 bits per heavy atom. The van der Waals surface area contributed by atoms with Crippen LogP contribution in [0.1, 0.15) is 18.9 Å². The minimum Gasteiger partial charge on any atom is -0.508 e. The molecule has 2 nitrogen and oxygen atoms in total. The van der Waals surface area contributed by atoms with Crippen molar-refractivity contribution < 1.29 is 9.90 Å². The zero-order chi connectivity index (χ0) is 11.0. The summed E-state index contributed by atoms with van der Waals surface area (Å²) in [6.07, 6.45) is 1.77.